The number of esters is 1. The number of amides is 1. The summed E-state index contributed by atoms with van der Waals surface area (Å²) in [5.74, 6) is -0.216. The SMILES string of the molecule is CC(C)(C)OC(=O)Cc1ccc(C(C)(C)c2ccc(C(C)(C)c3ccc(NC(=O)OC(C)(C)C)cc3)cc2)cc1. The predicted molar refractivity (Wildman–Crippen MR) is 163 cm³/mol. The third-order valence-corrected chi connectivity index (χ3v) is 7.02. The van der Waals surface area contributed by atoms with Gasteiger partial charge < -0.3 is 9.47 Å². The van der Waals surface area contributed by atoms with Crippen LogP contribution in [0.25, 0.3) is 0 Å². The Kier molecular flexibility index (Phi) is 8.88. The van der Waals surface area contributed by atoms with Crippen LogP contribution in [-0.4, -0.2) is 23.3 Å². The smallest absolute Gasteiger partial charge is 0.412 e. The number of benzene rings is 3. The van der Waals surface area contributed by atoms with Gasteiger partial charge in [0.1, 0.15) is 11.2 Å². The van der Waals surface area contributed by atoms with E-state index in [1.165, 1.54) is 16.7 Å². The van der Waals surface area contributed by atoms with E-state index in [0.29, 0.717) is 5.69 Å². The number of hydrogen-bond acceptors (Lipinski definition) is 4. The molecule has 0 saturated heterocycles. The highest BCUT2D eigenvalue weighted by atomic mass is 16.6. The fourth-order valence-corrected chi connectivity index (χ4v) is 4.61. The molecule has 0 heterocycles. The standard InChI is InChI=1S/C35H45NO4/c1-32(2,3)39-30(37)23-24-11-13-25(14-12-24)34(7,8)26-15-17-27(18-16-26)35(9,10)28-19-21-29(22-20-28)36-31(38)40-33(4,5)6/h11-22H,23H2,1-10H3,(H,36,38). The van der Waals surface area contributed by atoms with Crippen LogP contribution in [0.2, 0.25) is 0 Å². The van der Waals surface area contributed by atoms with E-state index in [9.17, 15) is 9.59 Å². The normalized spacial score (nSPS) is 12.6. The maximum Gasteiger partial charge on any atom is 0.412 e. The minimum Gasteiger partial charge on any atom is -0.460 e. The minimum atomic E-state index is -0.544. The first-order chi connectivity index (χ1) is 18.4. The minimum absolute atomic E-state index is 0.206. The van der Waals surface area contributed by atoms with Crippen LogP contribution < -0.4 is 5.32 Å². The first-order valence-corrected chi connectivity index (χ1v) is 13.9. The predicted octanol–water partition coefficient (Wildman–Crippen LogP) is 8.57. The van der Waals surface area contributed by atoms with Crippen LogP contribution >= 0.6 is 0 Å². The average molecular weight is 544 g/mol. The Morgan fingerprint density at radius 2 is 0.900 bits per heavy atom. The molecule has 0 atom stereocenters. The van der Waals surface area contributed by atoms with Gasteiger partial charge in [0.2, 0.25) is 0 Å². The van der Waals surface area contributed by atoms with E-state index in [0.717, 1.165) is 11.1 Å². The van der Waals surface area contributed by atoms with Gasteiger partial charge in [0.05, 0.1) is 6.42 Å². The van der Waals surface area contributed by atoms with Crippen LogP contribution in [0.5, 0.6) is 0 Å². The first-order valence-electron chi connectivity index (χ1n) is 13.9. The molecule has 0 aliphatic carbocycles. The number of carbonyl (C=O) groups is 2. The molecule has 0 aliphatic heterocycles. The van der Waals surface area contributed by atoms with Gasteiger partial charge in [0.25, 0.3) is 0 Å². The van der Waals surface area contributed by atoms with Gasteiger partial charge in [-0.2, -0.15) is 0 Å². The van der Waals surface area contributed by atoms with Gasteiger partial charge in [-0.15, -0.1) is 0 Å². The summed E-state index contributed by atoms with van der Waals surface area (Å²) in [6, 6.07) is 24.9. The van der Waals surface area contributed by atoms with Crippen molar-refractivity contribution in [2.24, 2.45) is 0 Å². The molecule has 1 N–H and O–H groups in total. The molecule has 214 valence electrons. The zero-order valence-corrected chi connectivity index (χ0v) is 25.8. The molecule has 3 aromatic carbocycles. The Bertz CT molecular complexity index is 1200. The van der Waals surface area contributed by atoms with Crippen molar-refractivity contribution in [2.45, 2.75) is 97.7 Å². The van der Waals surface area contributed by atoms with Crippen molar-refractivity contribution < 1.29 is 19.1 Å². The molecule has 0 bridgehead atoms. The highest BCUT2D eigenvalue weighted by molar-refractivity contribution is 5.84. The molecule has 0 radical (unpaired) electrons. The zero-order chi connectivity index (χ0) is 29.9. The van der Waals surface area contributed by atoms with Crippen LogP contribution in [0.15, 0.2) is 72.8 Å². The third-order valence-electron chi connectivity index (χ3n) is 7.02. The van der Waals surface area contributed by atoms with E-state index in [4.69, 9.17) is 9.47 Å². The Hall–Kier alpha value is -3.60. The van der Waals surface area contributed by atoms with E-state index < -0.39 is 17.3 Å². The number of carbonyl (C=O) groups excluding carboxylic acids is 2. The van der Waals surface area contributed by atoms with Gasteiger partial charge in [-0.25, -0.2) is 4.79 Å². The molecule has 3 aromatic rings. The molecule has 0 fully saturated rings. The monoisotopic (exact) mass is 543 g/mol. The van der Waals surface area contributed by atoms with E-state index in [-0.39, 0.29) is 23.2 Å². The van der Waals surface area contributed by atoms with Crippen LogP contribution in [-0.2, 0) is 31.5 Å². The average Bonchev–Trinajstić information content (AvgIpc) is 2.82. The summed E-state index contributed by atoms with van der Waals surface area (Å²) in [7, 11) is 0. The highest BCUT2D eigenvalue weighted by Gasteiger charge is 2.27. The van der Waals surface area contributed by atoms with E-state index in [2.05, 4.69) is 69.4 Å². The second-order valence-electron chi connectivity index (χ2n) is 13.5. The summed E-state index contributed by atoms with van der Waals surface area (Å²) in [5, 5.41) is 2.79. The number of anilines is 1. The Morgan fingerprint density at radius 1 is 0.550 bits per heavy atom. The molecule has 40 heavy (non-hydrogen) atoms. The summed E-state index contributed by atoms with van der Waals surface area (Å²) in [4.78, 5) is 24.3. The van der Waals surface area contributed by atoms with Crippen molar-refractivity contribution in [3.05, 3.63) is 101 Å². The number of hydrogen-bond donors (Lipinski definition) is 1. The van der Waals surface area contributed by atoms with E-state index >= 15 is 0 Å². The molecule has 0 unspecified atom stereocenters. The maximum atomic E-state index is 12.2. The van der Waals surface area contributed by atoms with Crippen LogP contribution in [0, 0.1) is 0 Å². The lowest BCUT2D eigenvalue weighted by Crippen LogP contribution is -2.27. The van der Waals surface area contributed by atoms with E-state index in [1.54, 1.807) is 0 Å². The second-order valence-corrected chi connectivity index (χ2v) is 13.5. The zero-order valence-electron chi connectivity index (χ0n) is 25.8. The molecule has 3 rings (SSSR count). The molecular formula is C35H45NO4. The van der Waals surface area contributed by atoms with Crippen molar-refractivity contribution in [3.63, 3.8) is 0 Å². The van der Waals surface area contributed by atoms with Crippen LogP contribution in [0.3, 0.4) is 0 Å². The summed E-state index contributed by atoms with van der Waals surface area (Å²) < 4.78 is 10.8. The second kappa shape index (κ2) is 11.5. The number of rotatable bonds is 7. The Morgan fingerprint density at radius 3 is 1.27 bits per heavy atom. The molecule has 1 amide bonds. The first kappa shape index (κ1) is 30.9. The summed E-state index contributed by atoms with van der Waals surface area (Å²) >= 11 is 0. The van der Waals surface area contributed by atoms with Gasteiger partial charge in [0.15, 0.2) is 0 Å². The quantitative estimate of drug-likeness (QED) is 0.303. The highest BCUT2D eigenvalue weighted by Crippen LogP contribution is 2.36. The van der Waals surface area contributed by atoms with E-state index in [1.807, 2.05) is 77.9 Å². The Labute approximate surface area is 240 Å². The molecule has 0 aromatic heterocycles. The fraction of sp³-hybridized carbons (Fsp3) is 0.429. The molecule has 0 saturated carbocycles. The number of ether oxygens (including phenoxy) is 2. The lowest BCUT2D eigenvalue weighted by atomic mass is 9.74. The lowest BCUT2D eigenvalue weighted by molar-refractivity contribution is -0.153. The van der Waals surface area contributed by atoms with Crippen LogP contribution in [0.1, 0.15) is 97.1 Å². The molecule has 5 nitrogen and oxygen atoms in total. The maximum absolute atomic E-state index is 12.2. The van der Waals surface area contributed by atoms with Crippen molar-refractivity contribution in [2.75, 3.05) is 5.32 Å². The van der Waals surface area contributed by atoms with Crippen molar-refractivity contribution in [3.8, 4) is 0 Å². The summed E-state index contributed by atoms with van der Waals surface area (Å²) in [6.45, 7) is 20.0. The van der Waals surface area contributed by atoms with Crippen molar-refractivity contribution >= 4 is 17.7 Å². The molecular weight excluding hydrogens is 498 g/mol. The lowest BCUT2D eigenvalue weighted by Gasteiger charge is -2.30. The summed E-state index contributed by atoms with van der Waals surface area (Å²) in [5.41, 5.74) is 4.92. The molecule has 5 heteroatoms. The van der Waals surface area contributed by atoms with Gasteiger partial charge in [0, 0.05) is 16.5 Å². The third kappa shape index (κ3) is 8.20. The largest absolute Gasteiger partial charge is 0.460 e. The fourth-order valence-electron chi connectivity index (χ4n) is 4.61. The topological polar surface area (TPSA) is 64.6 Å². The number of nitrogens with one attached hydrogen (secondary N) is 1. The van der Waals surface area contributed by atoms with Gasteiger partial charge in [-0.1, -0.05) is 88.4 Å². The summed E-state index contributed by atoms with van der Waals surface area (Å²) in [6.07, 6.45) is -0.199. The van der Waals surface area contributed by atoms with Crippen LogP contribution in [0.4, 0.5) is 10.5 Å². The van der Waals surface area contributed by atoms with Gasteiger partial charge in [-0.05, 0) is 81.5 Å². The molecule has 0 spiro atoms. The van der Waals surface area contributed by atoms with Crippen molar-refractivity contribution in [1.29, 1.82) is 0 Å². The van der Waals surface area contributed by atoms with Gasteiger partial charge >= 0.3 is 12.1 Å². The van der Waals surface area contributed by atoms with Gasteiger partial charge in [-0.3, -0.25) is 10.1 Å². The van der Waals surface area contributed by atoms with Crippen molar-refractivity contribution in [1.82, 2.24) is 0 Å². The Balaban J connectivity index is 1.71. The molecule has 0 aliphatic rings.